The molecule has 0 bridgehead atoms. The smallest absolute Gasteiger partial charge is 0.00236 e. The van der Waals surface area contributed by atoms with Crippen molar-refractivity contribution in [2.75, 3.05) is 13.3 Å². The molecule has 0 spiro atoms. The van der Waals surface area contributed by atoms with Crippen LogP contribution in [-0.2, 0) is 0 Å². The summed E-state index contributed by atoms with van der Waals surface area (Å²) < 4.78 is 0. The van der Waals surface area contributed by atoms with Crippen LogP contribution in [-0.4, -0.2) is 19.6 Å². The molecular weight excluding hydrogens is 103 g/mol. The van der Waals surface area contributed by atoms with Crippen molar-refractivity contribution in [1.82, 2.24) is 0 Å². The largest absolute Gasteiger partial charge is 0.102 e. The van der Waals surface area contributed by atoms with E-state index in [1.165, 1.54) is 0 Å². The van der Waals surface area contributed by atoms with Crippen LogP contribution in [0.4, 0.5) is 0 Å². The van der Waals surface area contributed by atoms with Gasteiger partial charge in [-0.25, -0.2) is 0 Å². The second kappa shape index (κ2) is 2.24. The van der Waals surface area contributed by atoms with Crippen LogP contribution in [0.2, 0.25) is 0 Å². The van der Waals surface area contributed by atoms with Gasteiger partial charge in [-0.3, -0.25) is 0 Å². The molecule has 0 amide bonds. The highest BCUT2D eigenvalue weighted by atomic mass is 31.2. The fraction of sp³-hybridized carbons (Fsp3) is 0.500. The zero-order valence-electron chi connectivity index (χ0n) is 5.15. The van der Waals surface area contributed by atoms with Crippen molar-refractivity contribution in [1.29, 1.82) is 0 Å². The molecule has 0 radical (unpaired) electrons. The van der Waals surface area contributed by atoms with Gasteiger partial charge in [-0.1, -0.05) is 12.0 Å². The van der Waals surface area contributed by atoms with Crippen molar-refractivity contribution in [3.8, 4) is 11.6 Å². The van der Waals surface area contributed by atoms with Crippen LogP contribution in [0.3, 0.4) is 0 Å². The molecule has 40 valence electrons. The van der Waals surface area contributed by atoms with Crippen LogP contribution >= 0.6 is 6.89 Å². The molecule has 0 nitrogen and oxygen atoms in total. The molecule has 0 aromatic heterocycles. The third-order valence-electron chi connectivity index (χ3n) is 0.414. The molecule has 0 aliphatic carbocycles. The van der Waals surface area contributed by atoms with Gasteiger partial charge < -0.3 is 0 Å². The lowest BCUT2D eigenvalue weighted by Gasteiger charge is -1.96. The molecule has 0 N–H and O–H groups in total. The minimum atomic E-state index is -1.03. The van der Waals surface area contributed by atoms with Crippen LogP contribution in [0.15, 0.2) is 0 Å². The summed E-state index contributed by atoms with van der Waals surface area (Å²) >= 11 is 0. The molecule has 0 aliphatic heterocycles. The summed E-state index contributed by atoms with van der Waals surface area (Å²) in [5.74, 6) is 2.84. The van der Waals surface area contributed by atoms with Crippen molar-refractivity contribution < 1.29 is 0 Å². The Kier molecular flexibility index (Phi) is 2.20. The Morgan fingerprint density at radius 2 is 1.86 bits per heavy atom. The lowest BCUT2D eigenvalue weighted by Crippen LogP contribution is -1.64. The standard InChI is InChI=1S/C6H11P/c1-5-6-7(2,3)4/h2H2,1,3-4H3. The predicted molar refractivity (Wildman–Crippen MR) is 39.3 cm³/mol. The van der Waals surface area contributed by atoms with E-state index in [0.717, 1.165) is 0 Å². The summed E-state index contributed by atoms with van der Waals surface area (Å²) in [6, 6.07) is 0. The zero-order chi connectivity index (χ0) is 5.91. The zero-order valence-corrected chi connectivity index (χ0v) is 6.05. The van der Waals surface area contributed by atoms with Gasteiger partial charge >= 0.3 is 0 Å². The Morgan fingerprint density at radius 1 is 1.43 bits per heavy atom. The van der Waals surface area contributed by atoms with Crippen molar-refractivity contribution in [2.24, 2.45) is 0 Å². The minimum absolute atomic E-state index is 1.03. The summed E-state index contributed by atoms with van der Waals surface area (Å²) in [6.45, 7) is 5.03. The highest BCUT2D eigenvalue weighted by Gasteiger charge is 1.86. The van der Waals surface area contributed by atoms with E-state index in [-0.39, 0.29) is 0 Å². The van der Waals surface area contributed by atoms with Crippen molar-refractivity contribution in [3.63, 3.8) is 0 Å². The van der Waals surface area contributed by atoms with Gasteiger partial charge in [0, 0.05) is 0 Å². The maximum absolute atomic E-state index is 3.90. The van der Waals surface area contributed by atoms with Gasteiger partial charge in [0.1, 0.15) is 0 Å². The first-order valence-electron chi connectivity index (χ1n) is 2.18. The van der Waals surface area contributed by atoms with Crippen LogP contribution < -0.4 is 0 Å². The highest BCUT2D eigenvalue weighted by Crippen LogP contribution is 2.32. The van der Waals surface area contributed by atoms with Gasteiger partial charge in [0.15, 0.2) is 0 Å². The van der Waals surface area contributed by atoms with Crippen LogP contribution in [0.5, 0.6) is 0 Å². The van der Waals surface area contributed by atoms with Gasteiger partial charge in [-0.05, 0) is 27.1 Å². The van der Waals surface area contributed by atoms with E-state index in [2.05, 4.69) is 31.2 Å². The lowest BCUT2D eigenvalue weighted by atomic mass is 10.8. The van der Waals surface area contributed by atoms with Crippen molar-refractivity contribution in [2.45, 2.75) is 6.92 Å². The average Bonchev–Trinajstić information content (AvgIpc) is 1.30. The average molecular weight is 114 g/mol. The maximum atomic E-state index is 3.90. The van der Waals surface area contributed by atoms with E-state index >= 15 is 0 Å². The normalized spacial score (nSPS) is 9.57. The second-order valence-corrected chi connectivity index (χ2v) is 5.64. The topological polar surface area (TPSA) is 0 Å². The maximum Gasteiger partial charge on any atom is -0.00236 e. The molecule has 7 heavy (non-hydrogen) atoms. The summed E-state index contributed by atoms with van der Waals surface area (Å²) in [6.07, 6.45) is 3.90. The van der Waals surface area contributed by atoms with E-state index in [9.17, 15) is 0 Å². The Bertz CT molecular complexity index is 139. The van der Waals surface area contributed by atoms with Gasteiger partial charge in [-0.15, -0.1) is 5.92 Å². The van der Waals surface area contributed by atoms with Crippen molar-refractivity contribution in [3.05, 3.63) is 0 Å². The number of hydrogen-bond acceptors (Lipinski definition) is 0. The third-order valence-corrected chi connectivity index (χ3v) is 1.24. The second-order valence-electron chi connectivity index (χ2n) is 2.05. The molecule has 0 unspecified atom stereocenters. The minimum Gasteiger partial charge on any atom is -0.102 e. The molecule has 0 saturated heterocycles. The molecule has 0 rings (SSSR count). The van der Waals surface area contributed by atoms with Crippen molar-refractivity contribution >= 4 is 13.2 Å². The van der Waals surface area contributed by atoms with Crippen LogP contribution in [0, 0.1) is 11.6 Å². The summed E-state index contributed by atoms with van der Waals surface area (Å²) in [7, 11) is 0. The molecule has 0 atom stereocenters. The molecule has 0 aliphatic rings. The SMILES string of the molecule is C=P(C)(C)C#CC. The summed E-state index contributed by atoms with van der Waals surface area (Å²) in [5, 5.41) is 0. The van der Waals surface area contributed by atoms with Gasteiger partial charge in [-0.2, -0.15) is 0 Å². The van der Waals surface area contributed by atoms with Gasteiger partial charge in [0.25, 0.3) is 0 Å². The molecule has 0 saturated carbocycles. The number of rotatable bonds is 0. The van der Waals surface area contributed by atoms with E-state index in [1.807, 2.05) is 6.92 Å². The van der Waals surface area contributed by atoms with Crippen LogP contribution in [0.25, 0.3) is 0 Å². The fourth-order valence-electron chi connectivity index (χ4n) is 0.303. The number of hydrogen-bond donors (Lipinski definition) is 0. The van der Waals surface area contributed by atoms with Gasteiger partial charge in [0.2, 0.25) is 0 Å². The Balaban J connectivity index is 4.01. The molecule has 0 heterocycles. The van der Waals surface area contributed by atoms with Crippen LogP contribution in [0.1, 0.15) is 6.92 Å². The monoisotopic (exact) mass is 114 g/mol. The summed E-state index contributed by atoms with van der Waals surface area (Å²) in [5.41, 5.74) is 3.03. The Labute approximate surface area is 45.9 Å². The molecular formula is C6H11P. The highest BCUT2D eigenvalue weighted by molar-refractivity contribution is 7.77. The van der Waals surface area contributed by atoms with E-state index in [4.69, 9.17) is 0 Å². The predicted octanol–water partition coefficient (Wildman–Crippen LogP) is 1.68. The Morgan fingerprint density at radius 3 is 1.86 bits per heavy atom. The van der Waals surface area contributed by atoms with Gasteiger partial charge in [0.05, 0.1) is 0 Å². The molecule has 1 heteroatoms. The lowest BCUT2D eigenvalue weighted by molar-refractivity contribution is 1.93. The third kappa shape index (κ3) is 5.86. The molecule has 0 aromatic carbocycles. The molecule has 0 aromatic rings. The van der Waals surface area contributed by atoms with E-state index in [0.29, 0.717) is 0 Å². The summed E-state index contributed by atoms with van der Waals surface area (Å²) in [4.78, 5) is 0. The first-order chi connectivity index (χ1) is 3.06. The first-order valence-corrected chi connectivity index (χ1v) is 5.05. The first kappa shape index (κ1) is 6.86. The molecule has 0 fully saturated rings. The van der Waals surface area contributed by atoms with E-state index in [1.54, 1.807) is 0 Å². The Hall–Kier alpha value is -0.140. The quantitative estimate of drug-likeness (QED) is 0.332. The van der Waals surface area contributed by atoms with E-state index < -0.39 is 6.89 Å². The fourth-order valence-corrected chi connectivity index (χ4v) is 0.908.